The Balaban J connectivity index is 2.06. The van der Waals surface area contributed by atoms with Crippen LogP contribution in [-0.4, -0.2) is 41.8 Å². The molecule has 0 aromatic heterocycles. The van der Waals surface area contributed by atoms with Crippen LogP contribution in [0.25, 0.3) is 0 Å². The van der Waals surface area contributed by atoms with Crippen molar-refractivity contribution in [2.24, 2.45) is 11.7 Å². The maximum absolute atomic E-state index is 10.2. The summed E-state index contributed by atoms with van der Waals surface area (Å²) >= 11 is 0. The molecule has 0 aromatic rings. The molecule has 70 valence electrons. The van der Waals surface area contributed by atoms with Gasteiger partial charge in [0.15, 0.2) is 0 Å². The summed E-state index contributed by atoms with van der Waals surface area (Å²) in [5.41, 5.74) is 5.04. The van der Waals surface area contributed by atoms with Crippen LogP contribution < -0.4 is 5.73 Å². The summed E-state index contributed by atoms with van der Waals surface area (Å²) in [6, 6.07) is 0. The van der Waals surface area contributed by atoms with Crippen LogP contribution in [-0.2, 0) is 0 Å². The summed E-state index contributed by atoms with van der Waals surface area (Å²) in [4.78, 5) is 2.36. The molecule has 3 aliphatic rings. The van der Waals surface area contributed by atoms with Gasteiger partial charge >= 0.3 is 0 Å². The number of nitrogens with two attached hydrogens (primary N) is 1. The van der Waals surface area contributed by atoms with Crippen molar-refractivity contribution in [2.45, 2.75) is 24.9 Å². The Hall–Kier alpha value is -0.120. The second-order valence-corrected chi connectivity index (χ2v) is 4.19. The molecule has 0 spiro atoms. The predicted molar refractivity (Wildman–Crippen MR) is 47.8 cm³/mol. The molecule has 12 heavy (non-hydrogen) atoms. The second-order valence-electron chi connectivity index (χ2n) is 4.19. The van der Waals surface area contributed by atoms with Gasteiger partial charge in [-0.3, -0.25) is 0 Å². The molecule has 3 heterocycles. The fourth-order valence-electron chi connectivity index (χ4n) is 2.68. The summed E-state index contributed by atoms with van der Waals surface area (Å²) in [5.74, 6) is 0.519. The molecule has 3 fully saturated rings. The summed E-state index contributed by atoms with van der Waals surface area (Å²) in [6.45, 7) is 3.82. The minimum atomic E-state index is -0.453. The van der Waals surface area contributed by atoms with Gasteiger partial charge in [0.2, 0.25) is 0 Å². The third-order valence-electron chi connectivity index (χ3n) is 3.42. The first kappa shape index (κ1) is 8.48. The predicted octanol–water partition coefficient (Wildman–Crippen LogP) is -0.208. The van der Waals surface area contributed by atoms with Gasteiger partial charge in [-0.05, 0) is 44.8 Å². The van der Waals surface area contributed by atoms with Crippen molar-refractivity contribution in [2.75, 3.05) is 26.2 Å². The lowest BCUT2D eigenvalue weighted by Gasteiger charge is -2.50. The molecule has 0 unspecified atom stereocenters. The maximum atomic E-state index is 10.2. The van der Waals surface area contributed by atoms with Gasteiger partial charge in [0.25, 0.3) is 0 Å². The Morgan fingerprint density at radius 1 is 1.42 bits per heavy atom. The van der Waals surface area contributed by atoms with Gasteiger partial charge in [0.05, 0.1) is 5.60 Å². The molecule has 3 heteroatoms. The summed E-state index contributed by atoms with van der Waals surface area (Å²) < 4.78 is 0. The first-order valence-electron chi connectivity index (χ1n) is 4.89. The average Bonchev–Trinajstić information content (AvgIpc) is 2.05. The summed E-state index contributed by atoms with van der Waals surface area (Å²) in [6.07, 6.45) is 3.10. The fraction of sp³-hybridized carbons (Fsp3) is 1.00. The van der Waals surface area contributed by atoms with E-state index in [9.17, 15) is 5.11 Å². The molecule has 3 N–H and O–H groups in total. The number of nitrogens with zero attached hydrogens (tertiary/aromatic N) is 1. The van der Waals surface area contributed by atoms with Crippen molar-refractivity contribution in [1.82, 2.24) is 4.90 Å². The van der Waals surface area contributed by atoms with E-state index in [1.165, 1.54) is 13.1 Å². The standard InChI is InChI=1S/C9H18N2O/c10-4-3-9(12)7-11-5-1-8(9)2-6-11/h8,12H,1-7,10H2/t9-/m0/s1. The van der Waals surface area contributed by atoms with Crippen LogP contribution in [0.15, 0.2) is 0 Å². The monoisotopic (exact) mass is 170 g/mol. The molecule has 3 rings (SSSR count). The Morgan fingerprint density at radius 2 is 2.08 bits per heavy atom. The number of piperidine rings is 3. The van der Waals surface area contributed by atoms with E-state index in [0.29, 0.717) is 12.5 Å². The molecule has 1 atom stereocenters. The highest BCUT2D eigenvalue weighted by atomic mass is 16.3. The highest BCUT2D eigenvalue weighted by Gasteiger charge is 2.44. The summed E-state index contributed by atoms with van der Waals surface area (Å²) in [5, 5.41) is 10.2. The first-order chi connectivity index (χ1) is 5.74. The molecule has 0 amide bonds. The van der Waals surface area contributed by atoms with Gasteiger partial charge in [-0.2, -0.15) is 0 Å². The van der Waals surface area contributed by atoms with E-state index in [-0.39, 0.29) is 0 Å². The van der Waals surface area contributed by atoms with Gasteiger partial charge < -0.3 is 15.7 Å². The van der Waals surface area contributed by atoms with E-state index in [0.717, 1.165) is 25.8 Å². The highest BCUT2D eigenvalue weighted by Crippen LogP contribution is 2.37. The van der Waals surface area contributed by atoms with Gasteiger partial charge in [0.1, 0.15) is 0 Å². The Morgan fingerprint density at radius 3 is 2.50 bits per heavy atom. The Bertz CT molecular complexity index is 166. The smallest absolute Gasteiger partial charge is 0.0815 e. The van der Waals surface area contributed by atoms with Crippen molar-refractivity contribution in [3.05, 3.63) is 0 Å². The van der Waals surface area contributed by atoms with Crippen molar-refractivity contribution in [3.8, 4) is 0 Å². The van der Waals surface area contributed by atoms with Crippen LogP contribution in [0.2, 0.25) is 0 Å². The molecule has 2 bridgehead atoms. The maximum Gasteiger partial charge on any atom is 0.0815 e. The van der Waals surface area contributed by atoms with Crippen molar-refractivity contribution >= 4 is 0 Å². The van der Waals surface area contributed by atoms with Crippen LogP contribution in [0.4, 0.5) is 0 Å². The van der Waals surface area contributed by atoms with Gasteiger partial charge in [-0.15, -0.1) is 0 Å². The van der Waals surface area contributed by atoms with Crippen molar-refractivity contribution in [3.63, 3.8) is 0 Å². The molecule has 0 aliphatic carbocycles. The number of rotatable bonds is 2. The normalized spacial score (nSPS) is 46.5. The third kappa shape index (κ3) is 1.26. The van der Waals surface area contributed by atoms with Crippen LogP contribution in [0.3, 0.4) is 0 Å². The molecular weight excluding hydrogens is 152 g/mol. The van der Waals surface area contributed by atoms with Crippen LogP contribution in [0, 0.1) is 5.92 Å². The van der Waals surface area contributed by atoms with Crippen LogP contribution in [0.1, 0.15) is 19.3 Å². The van der Waals surface area contributed by atoms with E-state index in [1.54, 1.807) is 0 Å². The van der Waals surface area contributed by atoms with E-state index in [1.807, 2.05) is 0 Å². The minimum Gasteiger partial charge on any atom is -0.388 e. The molecule has 0 radical (unpaired) electrons. The molecular formula is C9H18N2O. The van der Waals surface area contributed by atoms with E-state index in [4.69, 9.17) is 5.73 Å². The average molecular weight is 170 g/mol. The first-order valence-corrected chi connectivity index (χ1v) is 4.89. The Kier molecular flexibility index (Phi) is 2.10. The second kappa shape index (κ2) is 2.98. The molecule has 0 aromatic carbocycles. The van der Waals surface area contributed by atoms with E-state index < -0.39 is 5.60 Å². The summed E-state index contributed by atoms with van der Waals surface area (Å²) in [7, 11) is 0. The largest absolute Gasteiger partial charge is 0.388 e. The van der Waals surface area contributed by atoms with Crippen LogP contribution >= 0.6 is 0 Å². The van der Waals surface area contributed by atoms with Crippen LogP contribution in [0.5, 0.6) is 0 Å². The molecule has 3 saturated heterocycles. The lowest BCUT2D eigenvalue weighted by atomic mass is 9.74. The van der Waals surface area contributed by atoms with Crippen molar-refractivity contribution < 1.29 is 5.11 Å². The minimum absolute atomic E-state index is 0.453. The fourth-order valence-corrected chi connectivity index (χ4v) is 2.68. The van der Waals surface area contributed by atoms with Gasteiger partial charge in [-0.25, -0.2) is 0 Å². The van der Waals surface area contributed by atoms with Gasteiger partial charge in [-0.1, -0.05) is 0 Å². The number of fused-ring (bicyclic) bond motifs is 3. The van der Waals surface area contributed by atoms with E-state index >= 15 is 0 Å². The SMILES string of the molecule is NCC[C@]1(O)CN2CCC1CC2. The topological polar surface area (TPSA) is 49.5 Å². The Labute approximate surface area is 73.5 Å². The zero-order chi connectivity index (χ0) is 8.60. The number of aliphatic hydroxyl groups is 1. The lowest BCUT2D eigenvalue weighted by molar-refractivity contribution is -0.114. The third-order valence-corrected chi connectivity index (χ3v) is 3.42. The zero-order valence-corrected chi connectivity index (χ0v) is 7.50. The molecule has 3 nitrogen and oxygen atoms in total. The van der Waals surface area contributed by atoms with Crippen molar-refractivity contribution in [1.29, 1.82) is 0 Å². The molecule has 0 saturated carbocycles. The zero-order valence-electron chi connectivity index (χ0n) is 7.50. The molecule has 3 aliphatic heterocycles. The quantitative estimate of drug-likeness (QED) is 0.603. The van der Waals surface area contributed by atoms with E-state index in [2.05, 4.69) is 4.90 Å². The number of hydrogen-bond donors (Lipinski definition) is 2. The lowest BCUT2D eigenvalue weighted by Crippen LogP contribution is -2.59. The number of hydrogen-bond acceptors (Lipinski definition) is 3. The van der Waals surface area contributed by atoms with Gasteiger partial charge in [0, 0.05) is 6.54 Å². The highest BCUT2D eigenvalue weighted by molar-refractivity contribution is 4.98.